The molecule has 2 aromatic rings. The van der Waals surface area contributed by atoms with Gasteiger partial charge >= 0.3 is 0 Å². The molecule has 1 unspecified atom stereocenters. The zero-order valence-corrected chi connectivity index (χ0v) is 16.8. The molecule has 0 radical (unpaired) electrons. The van der Waals surface area contributed by atoms with E-state index in [9.17, 15) is 9.18 Å². The normalized spacial score (nSPS) is 22.3. The van der Waals surface area contributed by atoms with Crippen LogP contribution in [0.2, 0.25) is 0 Å². The largest absolute Gasteiger partial charge is 0.497 e. The van der Waals surface area contributed by atoms with Crippen molar-refractivity contribution in [3.05, 3.63) is 64.5 Å². The summed E-state index contributed by atoms with van der Waals surface area (Å²) in [5, 5.41) is 0. The van der Waals surface area contributed by atoms with Crippen LogP contribution in [0.15, 0.2) is 36.4 Å². The number of carbonyl (C=O) groups excluding carboxylic acids is 1. The number of likely N-dealkylation sites (tertiary alicyclic amines) is 1. The van der Waals surface area contributed by atoms with Crippen molar-refractivity contribution in [3.63, 3.8) is 0 Å². The van der Waals surface area contributed by atoms with E-state index in [0.29, 0.717) is 0 Å². The number of carbonyl (C=O) groups is 1. The van der Waals surface area contributed by atoms with Crippen LogP contribution < -0.4 is 4.74 Å². The van der Waals surface area contributed by atoms with Crippen LogP contribution in [0.1, 0.15) is 52.7 Å². The van der Waals surface area contributed by atoms with Crippen molar-refractivity contribution in [1.82, 2.24) is 4.90 Å². The van der Waals surface area contributed by atoms with E-state index < -0.39 is 0 Å². The second-order valence-electron chi connectivity index (χ2n) is 8.15. The molecule has 0 saturated carbocycles. The van der Waals surface area contributed by atoms with Crippen LogP contribution in [0, 0.1) is 12.7 Å². The summed E-state index contributed by atoms with van der Waals surface area (Å²) in [4.78, 5) is 16.0. The molecular formula is C24H28FNO2. The Labute approximate surface area is 166 Å². The Hall–Kier alpha value is -2.20. The first-order valence-corrected chi connectivity index (χ1v) is 10.3. The molecular weight excluding hydrogens is 353 g/mol. The van der Waals surface area contributed by atoms with Crippen molar-refractivity contribution in [1.29, 1.82) is 0 Å². The van der Waals surface area contributed by atoms with Gasteiger partial charge in [-0.2, -0.15) is 0 Å². The van der Waals surface area contributed by atoms with E-state index >= 15 is 0 Å². The molecule has 1 heterocycles. The second kappa shape index (κ2) is 7.67. The first kappa shape index (κ1) is 19.1. The van der Waals surface area contributed by atoms with Gasteiger partial charge in [-0.3, -0.25) is 9.69 Å². The number of methoxy groups -OCH3 is 1. The lowest BCUT2D eigenvalue weighted by Gasteiger charge is -2.48. The van der Waals surface area contributed by atoms with Crippen molar-refractivity contribution >= 4 is 5.78 Å². The molecule has 4 heteroatoms. The van der Waals surface area contributed by atoms with Crippen LogP contribution in [0.4, 0.5) is 4.39 Å². The van der Waals surface area contributed by atoms with Crippen LogP contribution in [-0.2, 0) is 12.8 Å². The smallest absolute Gasteiger partial charge is 0.183 e. The Kier molecular flexibility index (Phi) is 5.24. The Morgan fingerprint density at radius 1 is 1.14 bits per heavy atom. The minimum atomic E-state index is -0.381. The van der Waals surface area contributed by atoms with Crippen LogP contribution >= 0.6 is 0 Å². The fourth-order valence-corrected chi connectivity index (χ4v) is 4.98. The molecule has 1 spiro atoms. The number of ether oxygens (including phenoxy) is 1. The van der Waals surface area contributed by atoms with E-state index in [1.165, 1.54) is 6.07 Å². The molecule has 2 aromatic carbocycles. The van der Waals surface area contributed by atoms with Gasteiger partial charge in [-0.05, 0) is 99.0 Å². The lowest BCUT2D eigenvalue weighted by atomic mass is 9.71. The van der Waals surface area contributed by atoms with Gasteiger partial charge in [0.05, 0.1) is 12.6 Å². The summed E-state index contributed by atoms with van der Waals surface area (Å²) in [7, 11) is 1.66. The van der Waals surface area contributed by atoms with Gasteiger partial charge < -0.3 is 4.74 Å². The minimum absolute atomic E-state index is 0.190. The van der Waals surface area contributed by atoms with Crippen molar-refractivity contribution in [2.75, 3.05) is 20.2 Å². The predicted octanol–water partition coefficient (Wildman–Crippen LogP) is 4.74. The molecule has 1 aliphatic heterocycles. The summed E-state index contributed by atoms with van der Waals surface area (Å²) in [6.07, 6.45) is 5.78. The number of Topliss-reactive ketones (excluding diaryl/α,β-unsaturated/α-hetero) is 1. The molecule has 0 bridgehead atoms. The molecule has 28 heavy (non-hydrogen) atoms. The third-order valence-electron chi connectivity index (χ3n) is 6.62. The second-order valence-corrected chi connectivity index (χ2v) is 8.15. The van der Waals surface area contributed by atoms with Gasteiger partial charge in [0.15, 0.2) is 5.78 Å². The highest BCUT2D eigenvalue weighted by molar-refractivity contribution is 6.05. The summed E-state index contributed by atoms with van der Waals surface area (Å²) in [5.74, 6) is 0.895. The van der Waals surface area contributed by atoms with Gasteiger partial charge in [-0.1, -0.05) is 6.07 Å². The highest BCUT2D eigenvalue weighted by Crippen LogP contribution is 2.40. The number of benzene rings is 2. The van der Waals surface area contributed by atoms with Crippen molar-refractivity contribution < 1.29 is 13.9 Å². The number of aryl methyl sites for hydroxylation is 2. The maximum atomic E-state index is 13.6. The number of rotatable bonds is 4. The van der Waals surface area contributed by atoms with Gasteiger partial charge in [0.25, 0.3) is 0 Å². The Morgan fingerprint density at radius 2 is 2.00 bits per heavy atom. The average molecular weight is 381 g/mol. The van der Waals surface area contributed by atoms with E-state index in [2.05, 4.69) is 4.90 Å². The van der Waals surface area contributed by atoms with Gasteiger partial charge in [0.2, 0.25) is 0 Å². The van der Waals surface area contributed by atoms with Gasteiger partial charge in [-0.15, -0.1) is 0 Å². The van der Waals surface area contributed by atoms with E-state index in [4.69, 9.17) is 4.74 Å². The Bertz CT molecular complexity index is 894. The molecule has 1 aliphatic carbocycles. The van der Waals surface area contributed by atoms with Crippen molar-refractivity contribution in [3.8, 4) is 5.75 Å². The van der Waals surface area contributed by atoms with Gasteiger partial charge in [0.1, 0.15) is 11.6 Å². The number of ketones is 1. The molecule has 4 rings (SSSR count). The lowest BCUT2D eigenvalue weighted by molar-refractivity contribution is 0.0298. The zero-order valence-electron chi connectivity index (χ0n) is 16.8. The first-order valence-electron chi connectivity index (χ1n) is 10.3. The molecule has 3 nitrogen and oxygen atoms in total. The third kappa shape index (κ3) is 3.35. The van der Waals surface area contributed by atoms with E-state index in [-0.39, 0.29) is 17.1 Å². The van der Waals surface area contributed by atoms with Crippen molar-refractivity contribution in [2.24, 2.45) is 0 Å². The first-order chi connectivity index (χ1) is 13.5. The van der Waals surface area contributed by atoms with E-state index in [1.54, 1.807) is 13.2 Å². The van der Waals surface area contributed by atoms with Gasteiger partial charge in [0, 0.05) is 12.1 Å². The predicted molar refractivity (Wildman–Crippen MR) is 109 cm³/mol. The van der Waals surface area contributed by atoms with Crippen LogP contribution in [-0.4, -0.2) is 36.4 Å². The summed E-state index contributed by atoms with van der Waals surface area (Å²) in [5.41, 5.74) is 3.73. The topological polar surface area (TPSA) is 29.5 Å². The fraction of sp³-hybridized carbons (Fsp3) is 0.458. The van der Waals surface area contributed by atoms with Crippen LogP contribution in [0.3, 0.4) is 0 Å². The van der Waals surface area contributed by atoms with E-state index in [0.717, 1.165) is 79.6 Å². The number of halogens is 1. The number of hydrogen-bond acceptors (Lipinski definition) is 3. The number of piperidine rings is 1. The zero-order chi connectivity index (χ0) is 19.7. The maximum absolute atomic E-state index is 13.6. The number of nitrogens with zero attached hydrogens (tertiary/aromatic N) is 1. The summed E-state index contributed by atoms with van der Waals surface area (Å²) in [6, 6.07) is 10.8. The molecule has 148 valence electrons. The average Bonchev–Trinajstić information content (AvgIpc) is 2.71. The van der Waals surface area contributed by atoms with Gasteiger partial charge in [-0.25, -0.2) is 4.39 Å². The molecule has 0 amide bonds. The van der Waals surface area contributed by atoms with Crippen LogP contribution in [0.5, 0.6) is 5.75 Å². The lowest BCUT2D eigenvalue weighted by Crippen LogP contribution is -2.59. The standard InChI is InChI=1S/C24H28FNO2/c1-17-15-20(25)6-5-18(17)10-14-26-13-4-3-11-24(26)12-9-19-16-21(28-2)7-8-22(19)23(24)27/h5-8,15-16H,3-4,9-14H2,1-2H3. The minimum Gasteiger partial charge on any atom is -0.497 e. The summed E-state index contributed by atoms with van der Waals surface area (Å²) < 4.78 is 18.7. The Morgan fingerprint density at radius 3 is 2.79 bits per heavy atom. The molecule has 0 aromatic heterocycles. The summed E-state index contributed by atoms with van der Waals surface area (Å²) in [6.45, 7) is 3.75. The third-order valence-corrected chi connectivity index (χ3v) is 6.62. The van der Waals surface area contributed by atoms with Crippen LogP contribution in [0.25, 0.3) is 0 Å². The fourth-order valence-electron chi connectivity index (χ4n) is 4.98. The summed E-state index contributed by atoms with van der Waals surface area (Å²) >= 11 is 0. The molecule has 0 N–H and O–H groups in total. The maximum Gasteiger partial charge on any atom is 0.183 e. The molecule has 2 aliphatic rings. The van der Waals surface area contributed by atoms with E-state index in [1.807, 2.05) is 31.2 Å². The van der Waals surface area contributed by atoms with Crippen molar-refractivity contribution in [2.45, 2.75) is 51.0 Å². The quantitative estimate of drug-likeness (QED) is 0.766. The molecule has 1 saturated heterocycles. The number of hydrogen-bond donors (Lipinski definition) is 0. The highest BCUT2D eigenvalue weighted by atomic mass is 19.1. The monoisotopic (exact) mass is 381 g/mol. The Balaban J connectivity index is 1.58. The highest BCUT2D eigenvalue weighted by Gasteiger charge is 2.47. The SMILES string of the molecule is COc1ccc2c(c1)CCC1(CCCCN1CCc1ccc(F)cc1C)C2=O. The number of fused-ring (bicyclic) bond motifs is 1. The molecule has 1 fully saturated rings. The molecule has 1 atom stereocenters.